The van der Waals surface area contributed by atoms with E-state index in [4.69, 9.17) is 4.52 Å². The second-order valence-corrected chi connectivity index (χ2v) is 7.42. The molecule has 1 aliphatic carbocycles. The molecule has 24 heavy (non-hydrogen) atoms. The zero-order valence-corrected chi connectivity index (χ0v) is 15.3. The fraction of sp³-hybridized carbons (Fsp3) is 0.778. The van der Waals surface area contributed by atoms with Crippen LogP contribution in [-0.2, 0) is 6.42 Å². The summed E-state index contributed by atoms with van der Waals surface area (Å²) in [6.07, 6.45) is 6.39. The molecule has 1 fully saturated rings. The van der Waals surface area contributed by atoms with Gasteiger partial charge in [0.1, 0.15) is 5.76 Å². The summed E-state index contributed by atoms with van der Waals surface area (Å²) >= 11 is 0. The van der Waals surface area contributed by atoms with Gasteiger partial charge in [0.25, 0.3) is 0 Å². The van der Waals surface area contributed by atoms with Gasteiger partial charge in [-0.05, 0) is 52.9 Å². The average molecular weight is 337 g/mol. The first-order valence-electron chi connectivity index (χ1n) is 8.97. The van der Waals surface area contributed by atoms with Gasteiger partial charge in [-0.1, -0.05) is 24.4 Å². The largest absolute Gasteiger partial charge is 0.394 e. The van der Waals surface area contributed by atoms with Crippen molar-refractivity contribution in [1.82, 2.24) is 15.8 Å². The molecule has 1 saturated carbocycles. The number of nitrogens with one attached hydrogen (secondary N) is 2. The van der Waals surface area contributed by atoms with Crippen LogP contribution in [-0.4, -0.2) is 34.5 Å². The predicted molar refractivity (Wildman–Crippen MR) is 92.9 cm³/mol. The van der Waals surface area contributed by atoms with Crippen LogP contribution in [0.1, 0.15) is 63.0 Å². The van der Waals surface area contributed by atoms with Gasteiger partial charge in [0, 0.05) is 11.6 Å². The minimum absolute atomic E-state index is 0.0384. The van der Waals surface area contributed by atoms with E-state index in [0.29, 0.717) is 12.3 Å². The molecule has 1 heterocycles. The molecule has 2 rings (SSSR count). The molecule has 0 spiro atoms. The van der Waals surface area contributed by atoms with Crippen LogP contribution in [0, 0.1) is 19.8 Å². The summed E-state index contributed by atoms with van der Waals surface area (Å²) in [4.78, 5) is 12.4. The van der Waals surface area contributed by atoms with Crippen LogP contribution in [0.15, 0.2) is 4.52 Å². The first-order chi connectivity index (χ1) is 11.4. The highest BCUT2D eigenvalue weighted by Gasteiger charge is 2.36. The van der Waals surface area contributed by atoms with Gasteiger partial charge in [-0.3, -0.25) is 0 Å². The summed E-state index contributed by atoms with van der Waals surface area (Å²) in [7, 11) is 0. The molecule has 6 heteroatoms. The highest BCUT2D eigenvalue weighted by Crippen LogP contribution is 2.32. The van der Waals surface area contributed by atoms with E-state index in [2.05, 4.69) is 15.8 Å². The third-order valence-corrected chi connectivity index (χ3v) is 5.30. The van der Waals surface area contributed by atoms with E-state index in [-0.39, 0.29) is 18.7 Å². The molecule has 6 nitrogen and oxygen atoms in total. The smallest absolute Gasteiger partial charge is 0.315 e. The van der Waals surface area contributed by atoms with Crippen LogP contribution in [0.5, 0.6) is 0 Å². The van der Waals surface area contributed by atoms with Crippen molar-refractivity contribution in [3.8, 4) is 0 Å². The van der Waals surface area contributed by atoms with Gasteiger partial charge in [-0.15, -0.1) is 0 Å². The lowest BCUT2D eigenvalue weighted by atomic mass is 9.76. The van der Waals surface area contributed by atoms with E-state index >= 15 is 0 Å². The van der Waals surface area contributed by atoms with Gasteiger partial charge in [0.2, 0.25) is 0 Å². The third-order valence-electron chi connectivity index (χ3n) is 5.30. The number of aryl methyl sites for hydroxylation is 2. The normalized spacial score (nSPS) is 19.5. The van der Waals surface area contributed by atoms with E-state index in [1.165, 1.54) is 19.3 Å². The first kappa shape index (κ1) is 18.8. The van der Waals surface area contributed by atoms with Crippen LogP contribution in [0.2, 0.25) is 0 Å². The molecule has 2 atom stereocenters. The topological polar surface area (TPSA) is 87.4 Å². The third kappa shape index (κ3) is 4.50. The highest BCUT2D eigenvalue weighted by molar-refractivity contribution is 5.75. The first-order valence-corrected chi connectivity index (χ1v) is 8.97. The summed E-state index contributed by atoms with van der Waals surface area (Å²) in [5.41, 5.74) is 1.34. The summed E-state index contributed by atoms with van der Waals surface area (Å²) in [6, 6.07) is -0.271. The lowest BCUT2D eigenvalue weighted by Gasteiger charge is -2.39. The molecular weight excluding hydrogens is 306 g/mol. The molecule has 0 saturated heterocycles. The SMILES string of the molecule is Cc1noc(C)c1C[C@@H](C)NC(=O)N[C@@](C)(CO)C1CCCCC1. The van der Waals surface area contributed by atoms with Crippen molar-refractivity contribution >= 4 is 6.03 Å². The second-order valence-electron chi connectivity index (χ2n) is 7.42. The summed E-state index contributed by atoms with van der Waals surface area (Å²) in [5, 5.41) is 19.8. The van der Waals surface area contributed by atoms with Crippen LogP contribution >= 0.6 is 0 Å². The minimum Gasteiger partial charge on any atom is -0.394 e. The van der Waals surface area contributed by atoms with Gasteiger partial charge in [0.15, 0.2) is 0 Å². The van der Waals surface area contributed by atoms with Crippen molar-refractivity contribution in [3.05, 3.63) is 17.0 Å². The standard InChI is InChI=1S/C18H31N3O3/c1-12(10-16-13(2)21-24-14(16)3)19-17(23)20-18(4,11-22)15-8-6-5-7-9-15/h12,15,22H,5-11H2,1-4H3,(H2,19,20,23)/t12-,18+/m1/s1. The lowest BCUT2D eigenvalue weighted by Crippen LogP contribution is -2.58. The van der Waals surface area contributed by atoms with Crippen molar-refractivity contribution in [3.63, 3.8) is 0 Å². The summed E-state index contributed by atoms with van der Waals surface area (Å²) < 4.78 is 5.17. The number of carbonyl (C=O) groups is 1. The van der Waals surface area contributed by atoms with Crippen molar-refractivity contribution in [1.29, 1.82) is 0 Å². The predicted octanol–water partition coefficient (Wildman–Crippen LogP) is 2.85. The van der Waals surface area contributed by atoms with E-state index < -0.39 is 5.54 Å². The number of rotatable bonds is 6. The number of hydrogen-bond acceptors (Lipinski definition) is 4. The van der Waals surface area contributed by atoms with Gasteiger partial charge >= 0.3 is 6.03 Å². The fourth-order valence-corrected chi connectivity index (χ4v) is 3.68. The molecule has 1 aliphatic rings. The Kier molecular flexibility index (Phi) is 6.27. The van der Waals surface area contributed by atoms with E-state index in [0.717, 1.165) is 29.9 Å². The van der Waals surface area contributed by atoms with Gasteiger partial charge in [-0.25, -0.2) is 4.79 Å². The number of aliphatic hydroxyl groups is 1. The molecule has 0 bridgehead atoms. The average Bonchev–Trinajstić information content (AvgIpc) is 2.87. The Hall–Kier alpha value is -1.56. The maximum atomic E-state index is 12.4. The van der Waals surface area contributed by atoms with Crippen LogP contribution in [0.25, 0.3) is 0 Å². The summed E-state index contributed by atoms with van der Waals surface area (Å²) in [5.74, 6) is 1.13. The minimum atomic E-state index is -0.562. The maximum absolute atomic E-state index is 12.4. The number of carbonyl (C=O) groups excluding carboxylic acids is 1. The Morgan fingerprint density at radius 1 is 1.38 bits per heavy atom. The number of aliphatic hydroxyl groups excluding tert-OH is 1. The Bertz CT molecular complexity index is 532. The fourth-order valence-electron chi connectivity index (χ4n) is 3.68. The van der Waals surface area contributed by atoms with E-state index in [9.17, 15) is 9.90 Å². The number of nitrogens with zero attached hydrogens (tertiary/aromatic N) is 1. The van der Waals surface area contributed by atoms with Crippen LogP contribution in [0.3, 0.4) is 0 Å². The molecule has 136 valence electrons. The van der Waals surface area contributed by atoms with Gasteiger partial charge in [0.05, 0.1) is 17.8 Å². The van der Waals surface area contributed by atoms with E-state index in [1.54, 1.807) is 0 Å². The Balaban J connectivity index is 1.90. The Labute approximate surface area is 144 Å². The molecule has 0 radical (unpaired) electrons. The Morgan fingerprint density at radius 3 is 2.58 bits per heavy atom. The molecule has 1 aromatic rings. The molecule has 3 N–H and O–H groups in total. The zero-order valence-electron chi connectivity index (χ0n) is 15.3. The molecule has 2 amide bonds. The molecule has 0 aromatic carbocycles. The second kappa shape index (κ2) is 8.01. The van der Waals surface area contributed by atoms with Crippen molar-refractivity contribution in [2.24, 2.45) is 5.92 Å². The van der Waals surface area contributed by atoms with Crippen molar-refractivity contribution in [2.75, 3.05) is 6.61 Å². The number of amides is 2. The number of urea groups is 1. The van der Waals surface area contributed by atoms with Crippen molar-refractivity contribution in [2.45, 2.75) is 77.8 Å². The van der Waals surface area contributed by atoms with Crippen LogP contribution in [0.4, 0.5) is 4.79 Å². The molecule has 0 unspecified atom stereocenters. The Morgan fingerprint density at radius 2 is 2.04 bits per heavy atom. The zero-order chi connectivity index (χ0) is 17.7. The van der Waals surface area contributed by atoms with Gasteiger partial charge in [-0.2, -0.15) is 0 Å². The summed E-state index contributed by atoms with van der Waals surface area (Å²) in [6.45, 7) is 7.66. The van der Waals surface area contributed by atoms with E-state index in [1.807, 2.05) is 27.7 Å². The number of hydrogen-bond donors (Lipinski definition) is 3. The highest BCUT2D eigenvalue weighted by atomic mass is 16.5. The molecule has 1 aromatic heterocycles. The lowest BCUT2D eigenvalue weighted by molar-refractivity contribution is 0.101. The molecule has 0 aliphatic heterocycles. The molecular formula is C18H31N3O3. The monoisotopic (exact) mass is 337 g/mol. The number of aromatic nitrogens is 1. The van der Waals surface area contributed by atoms with Crippen LogP contribution < -0.4 is 10.6 Å². The maximum Gasteiger partial charge on any atom is 0.315 e. The van der Waals surface area contributed by atoms with Crippen molar-refractivity contribution < 1.29 is 14.4 Å². The van der Waals surface area contributed by atoms with Gasteiger partial charge < -0.3 is 20.3 Å². The quantitative estimate of drug-likeness (QED) is 0.745.